The quantitative estimate of drug-likeness (QED) is 0.289. The Labute approximate surface area is 186 Å². The average Bonchev–Trinajstić information content (AvgIpc) is 3.11. The number of nitrogens with one attached hydrogen (secondary N) is 1. The lowest BCUT2D eigenvalue weighted by Crippen LogP contribution is -2.15. The van der Waals surface area contributed by atoms with E-state index >= 15 is 0 Å². The van der Waals surface area contributed by atoms with Crippen LogP contribution < -0.4 is 14.8 Å². The van der Waals surface area contributed by atoms with Crippen LogP contribution in [0.1, 0.15) is 5.82 Å². The fourth-order valence-corrected chi connectivity index (χ4v) is 3.43. The molecule has 0 atom stereocenters. The van der Waals surface area contributed by atoms with Crippen LogP contribution in [0.5, 0.6) is 11.5 Å². The highest BCUT2D eigenvalue weighted by atomic mass is 35.5. The molecule has 31 heavy (non-hydrogen) atoms. The van der Waals surface area contributed by atoms with Crippen LogP contribution in [0.25, 0.3) is 0 Å². The van der Waals surface area contributed by atoms with Crippen LogP contribution in [-0.4, -0.2) is 38.5 Å². The zero-order chi connectivity index (χ0) is 22.4. The summed E-state index contributed by atoms with van der Waals surface area (Å²) in [4.78, 5) is 22.9. The van der Waals surface area contributed by atoms with Crippen LogP contribution in [0.4, 0.5) is 11.4 Å². The second-order valence-electron chi connectivity index (χ2n) is 6.15. The van der Waals surface area contributed by atoms with Crippen LogP contribution in [0.3, 0.4) is 0 Å². The highest BCUT2D eigenvalue weighted by Gasteiger charge is 2.18. The molecule has 3 rings (SSSR count). The molecule has 0 fully saturated rings. The van der Waals surface area contributed by atoms with E-state index in [4.69, 9.17) is 21.1 Å². The maximum absolute atomic E-state index is 12.3. The fraction of sp³-hybridized carbons (Fsp3) is 0.211. The number of amides is 1. The number of hydrogen-bond donors (Lipinski definition) is 1. The SMILES string of the molecule is COc1ccc(NC(=O)CSc2nnc(COc3ccccc3Cl)n2C)c([N+](=O)[O-])c1. The molecule has 12 heteroatoms. The van der Waals surface area contributed by atoms with E-state index in [0.29, 0.717) is 27.5 Å². The number of methoxy groups -OCH3 is 1. The number of nitro groups is 1. The van der Waals surface area contributed by atoms with E-state index in [2.05, 4.69) is 15.5 Å². The molecule has 0 aliphatic heterocycles. The van der Waals surface area contributed by atoms with E-state index < -0.39 is 10.8 Å². The van der Waals surface area contributed by atoms with Gasteiger partial charge in [0.1, 0.15) is 23.8 Å². The second kappa shape index (κ2) is 10.1. The lowest BCUT2D eigenvalue weighted by atomic mass is 10.2. The molecule has 10 nitrogen and oxygen atoms in total. The highest BCUT2D eigenvalue weighted by molar-refractivity contribution is 7.99. The molecule has 0 saturated heterocycles. The predicted octanol–water partition coefficient (Wildman–Crippen LogP) is 3.70. The number of anilines is 1. The standard InChI is InChI=1S/C19H18ClN5O5S/c1-24-17(10-30-16-6-4-3-5-13(16)20)22-23-19(24)31-11-18(26)21-14-8-7-12(29-2)9-15(14)25(27)28/h3-9H,10-11H2,1-2H3,(H,21,26). The summed E-state index contributed by atoms with van der Waals surface area (Å²) in [5.41, 5.74) is -0.168. The molecule has 0 saturated carbocycles. The number of aromatic nitrogens is 3. The molecule has 1 aromatic heterocycles. The van der Waals surface area contributed by atoms with Crippen molar-refractivity contribution in [2.75, 3.05) is 18.2 Å². The first-order valence-electron chi connectivity index (χ1n) is 8.89. The van der Waals surface area contributed by atoms with Gasteiger partial charge in [-0.1, -0.05) is 35.5 Å². The summed E-state index contributed by atoms with van der Waals surface area (Å²) in [6.07, 6.45) is 0. The first-order valence-corrected chi connectivity index (χ1v) is 10.3. The van der Waals surface area contributed by atoms with E-state index in [1.165, 1.54) is 25.3 Å². The minimum absolute atomic E-state index is 0.0134. The summed E-state index contributed by atoms with van der Waals surface area (Å²) in [7, 11) is 3.16. The van der Waals surface area contributed by atoms with Gasteiger partial charge < -0.3 is 19.4 Å². The summed E-state index contributed by atoms with van der Waals surface area (Å²) in [6.45, 7) is 0.151. The monoisotopic (exact) mass is 463 g/mol. The maximum Gasteiger partial charge on any atom is 0.296 e. The molecule has 1 heterocycles. The van der Waals surface area contributed by atoms with Gasteiger partial charge in [-0.3, -0.25) is 14.9 Å². The minimum atomic E-state index is -0.584. The van der Waals surface area contributed by atoms with E-state index in [1.54, 1.807) is 29.8 Å². The van der Waals surface area contributed by atoms with E-state index in [-0.39, 0.29) is 23.7 Å². The Morgan fingerprint density at radius 2 is 2.06 bits per heavy atom. The smallest absolute Gasteiger partial charge is 0.296 e. The summed E-state index contributed by atoms with van der Waals surface area (Å²) < 4.78 is 12.3. The number of nitrogens with zero attached hydrogens (tertiary/aromatic N) is 4. The number of carbonyl (C=O) groups excluding carboxylic acids is 1. The Bertz CT molecular complexity index is 1110. The fourth-order valence-electron chi connectivity index (χ4n) is 2.51. The third-order valence-electron chi connectivity index (χ3n) is 4.13. The van der Waals surface area contributed by atoms with Crippen molar-refractivity contribution in [2.24, 2.45) is 7.05 Å². The molecule has 162 valence electrons. The third-order valence-corrected chi connectivity index (χ3v) is 5.46. The van der Waals surface area contributed by atoms with Gasteiger partial charge in [0.15, 0.2) is 11.0 Å². The topological polar surface area (TPSA) is 121 Å². The lowest BCUT2D eigenvalue weighted by Gasteiger charge is -2.08. The maximum atomic E-state index is 12.3. The summed E-state index contributed by atoms with van der Waals surface area (Å²) >= 11 is 7.21. The number of benzene rings is 2. The van der Waals surface area contributed by atoms with Gasteiger partial charge in [-0.05, 0) is 24.3 Å². The molecule has 1 amide bonds. The van der Waals surface area contributed by atoms with Crippen molar-refractivity contribution >= 4 is 40.6 Å². The van der Waals surface area contributed by atoms with Gasteiger partial charge >= 0.3 is 0 Å². The van der Waals surface area contributed by atoms with Crippen LogP contribution in [-0.2, 0) is 18.4 Å². The first kappa shape index (κ1) is 22.4. The van der Waals surface area contributed by atoms with Crippen molar-refractivity contribution in [1.29, 1.82) is 0 Å². The molecule has 0 unspecified atom stereocenters. The molecule has 0 aliphatic carbocycles. The number of ether oxygens (including phenoxy) is 2. The number of halogens is 1. The number of hydrogen-bond acceptors (Lipinski definition) is 8. The van der Waals surface area contributed by atoms with Crippen molar-refractivity contribution in [3.05, 3.63) is 63.4 Å². The van der Waals surface area contributed by atoms with Crippen LogP contribution >= 0.6 is 23.4 Å². The van der Waals surface area contributed by atoms with Crippen LogP contribution in [0.15, 0.2) is 47.6 Å². The summed E-state index contributed by atoms with van der Waals surface area (Å²) in [6, 6.07) is 11.3. The third kappa shape index (κ3) is 5.64. The van der Waals surface area contributed by atoms with E-state index in [0.717, 1.165) is 11.8 Å². The summed E-state index contributed by atoms with van der Waals surface area (Å²) in [5.74, 6) is 0.968. The molecule has 0 bridgehead atoms. The Hall–Kier alpha value is -3.31. The van der Waals surface area contributed by atoms with Crippen molar-refractivity contribution < 1.29 is 19.2 Å². The van der Waals surface area contributed by atoms with Gasteiger partial charge in [-0.2, -0.15) is 0 Å². The Morgan fingerprint density at radius 1 is 1.29 bits per heavy atom. The number of rotatable bonds is 9. The van der Waals surface area contributed by atoms with Gasteiger partial charge in [0, 0.05) is 7.05 Å². The zero-order valence-corrected chi connectivity index (χ0v) is 18.1. The van der Waals surface area contributed by atoms with E-state index in [1.807, 2.05) is 6.07 Å². The number of para-hydroxylation sites is 1. The largest absolute Gasteiger partial charge is 0.496 e. The molecule has 1 N–H and O–H groups in total. The first-order chi connectivity index (χ1) is 14.9. The van der Waals surface area contributed by atoms with Gasteiger partial charge in [-0.25, -0.2) is 0 Å². The zero-order valence-electron chi connectivity index (χ0n) is 16.6. The molecular weight excluding hydrogens is 446 g/mol. The number of thioether (sulfide) groups is 1. The van der Waals surface area contributed by atoms with Crippen LogP contribution in [0, 0.1) is 10.1 Å². The van der Waals surface area contributed by atoms with Gasteiger partial charge in [-0.15, -0.1) is 10.2 Å². The van der Waals surface area contributed by atoms with E-state index in [9.17, 15) is 14.9 Å². The second-order valence-corrected chi connectivity index (χ2v) is 7.50. The predicted molar refractivity (Wildman–Crippen MR) is 116 cm³/mol. The van der Waals surface area contributed by atoms with Crippen molar-refractivity contribution in [2.45, 2.75) is 11.8 Å². The van der Waals surface area contributed by atoms with Crippen molar-refractivity contribution in [3.8, 4) is 11.5 Å². The minimum Gasteiger partial charge on any atom is -0.496 e. The molecule has 0 radical (unpaired) electrons. The molecule has 0 aliphatic rings. The average molecular weight is 464 g/mol. The highest BCUT2D eigenvalue weighted by Crippen LogP contribution is 2.29. The van der Waals surface area contributed by atoms with Crippen molar-refractivity contribution in [1.82, 2.24) is 14.8 Å². The van der Waals surface area contributed by atoms with Crippen molar-refractivity contribution in [3.63, 3.8) is 0 Å². The normalized spacial score (nSPS) is 10.5. The van der Waals surface area contributed by atoms with Gasteiger partial charge in [0.25, 0.3) is 5.69 Å². The molecule has 0 spiro atoms. The van der Waals surface area contributed by atoms with Gasteiger partial charge in [0.05, 0.1) is 28.9 Å². The lowest BCUT2D eigenvalue weighted by molar-refractivity contribution is -0.384. The Kier molecular flexibility index (Phi) is 7.32. The van der Waals surface area contributed by atoms with Crippen LogP contribution in [0.2, 0.25) is 5.02 Å². The molecule has 2 aromatic carbocycles. The summed E-state index contributed by atoms with van der Waals surface area (Å²) in [5, 5.41) is 22.9. The molecular formula is C19H18ClN5O5S. The number of carbonyl (C=O) groups is 1. The van der Waals surface area contributed by atoms with Gasteiger partial charge in [0.2, 0.25) is 5.91 Å². The Balaban J connectivity index is 1.59. The molecule has 3 aromatic rings. The number of nitro benzene ring substituents is 1. The Morgan fingerprint density at radius 3 is 2.77 bits per heavy atom.